The van der Waals surface area contributed by atoms with Crippen molar-refractivity contribution in [3.05, 3.63) is 40.3 Å². The lowest BCUT2D eigenvalue weighted by Crippen LogP contribution is -2.32. The van der Waals surface area contributed by atoms with Crippen molar-refractivity contribution in [2.45, 2.75) is 45.1 Å². The van der Waals surface area contributed by atoms with Crippen molar-refractivity contribution in [2.75, 3.05) is 19.5 Å². The van der Waals surface area contributed by atoms with E-state index < -0.39 is 12.1 Å². The number of amides is 1. The molecule has 1 heterocycles. The zero-order chi connectivity index (χ0) is 20.1. The van der Waals surface area contributed by atoms with Gasteiger partial charge in [-0.1, -0.05) is 6.92 Å². The van der Waals surface area contributed by atoms with Crippen LogP contribution in [0.25, 0.3) is 0 Å². The van der Waals surface area contributed by atoms with Crippen LogP contribution in [0.3, 0.4) is 0 Å². The summed E-state index contributed by atoms with van der Waals surface area (Å²) in [5, 5.41) is 3.46. The number of hydrogen-bond acceptors (Lipinski definition) is 6. The van der Waals surface area contributed by atoms with E-state index in [0.717, 1.165) is 41.9 Å². The van der Waals surface area contributed by atoms with Gasteiger partial charge < -0.3 is 19.5 Å². The highest BCUT2D eigenvalue weighted by molar-refractivity contribution is 7.17. The molecule has 0 aliphatic heterocycles. The van der Waals surface area contributed by atoms with Gasteiger partial charge in [0.2, 0.25) is 0 Å². The second kappa shape index (κ2) is 9.10. The molecule has 1 amide bonds. The number of fused-ring (bicyclic) bond motifs is 1. The van der Waals surface area contributed by atoms with E-state index >= 15 is 0 Å². The van der Waals surface area contributed by atoms with Gasteiger partial charge in [0.15, 0.2) is 6.10 Å². The number of benzene rings is 1. The number of carbonyl (C=O) groups is 2. The van der Waals surface area contributed by atoms with Gasteiger partial charge in [0, 0.05) is 4.88 Å². The topological polar surface area (TPSA) is 73.9 Å². The largest absolute Gasteiger partial charge is 0.497 e. The molecule has 0 radical (unpaired) electrons. The second-order valence-electron chi connectivity index (χ2n) is 6.59. The number of anilines is 1. The molecule has 28 heavy (non-hydrogen) atoms. The summed E-state index contributed by atoms with van der Waals surface area (Å²) in [6.45, 7) is 1.88. The van der Waals surface area contributed by atoms with Crippen LogP contribution in [0, 0.1) is 0 Å². The minimum atomic E-state index is -0.669. The highest BCUT2D eigenvalue weighted by Crippen LogP contribution is 2.38. The van der Waals surface area contributed by atoms with Gasteiger partial charge in [-0.25, -0.2) is 4.79 Å². The third-order valence-electron chi connectivity index (χ3n) is 4.80. The first-order chi connectivity index (χ1) is 13.6. The van der Waals surface area contributed by atoms with Crippen LogP contribution >= 0.6 is 11.3 Å². The Bertz CT molecular complexity index is 843. The third-order valence-corrected chi connectivity index (χ3v) is 6.01. The monoisotopic (exact) mass is 403 g/mol. The molecule has 1 N–H and O–H groups in total. The average molecular weight is 404 g/mol. The van der Waals surface area contributed by atoms with Crippen molar-refractivity contribution in [1.82, 2.24) is 0 Å². The van der Waals surface area contributed by atoms with Crippen molar-refractivity contribution in [3.63, 3.8) is 0 Å². The normalized spacial score (nSPS) is 14.0. The lowest BCUT2D eigenvalue weighted by Gasteiger charge is -2.17. The smallest absolute Gasteiger partial charge is 0.341 e. The molecule has 0 saturated carbocycles. The SMILES string of the molecule is CCC(Oc1ccc(OC)cc1)C(=O)Nc1sc2c(c1C(=O)OC)CCCC2. The van der Waals surface area contributed by atoms with Crippen LogP contribution in [-0.2, 0) is 22.4 Å². The van der Waals surface area contributed by atoms with E-state index in [1.54, 1.807) is 31.4 Å². The summed E-state index contributed by atoms with van der Waals surface area (Å²) in [5.74, 6) is 0.624. The first kappa shape index (κ1) is 20.2. The zero-order valence-corrected chi connectivity index (χ0v) is 17.2. The fourth-order valence-electron chi connectivity index (χ4n) is 3.31. The molecule has 3 rings (SSSR count). The lowest BCUT2D eigenvalue weighted by atomic mass is 9.95. The molecule has 0 spiro atoms. The van der Waals surface area contributed by atoms with E-state index in [-0.39, 0.29) is 5.91 Å². The maximum Gasteiger partial charge on any atom is 0.341 e. The van der Waals surface area contributed by atoms with Gasteiger partial charge in [-0.3, -0.25) is 4.79 Å². The Balaban J connectivity index is 1.78. The number of nitrogens with one attached hydrogen (secondary N) is 1. The minimum absolute atomic E-state index is 0.276. The minimum Gasteiger partial charge on any atom is -0.497 e. The molecule has 1 aliphatic rings. The Morgan fingerprint density at radius 1 is 1.11 bits per heavy atom. The van der Waals surface area contributed by atoms with Crippen molar-refractivity contribution in [1.29, 1.82) is 0 Å². The first-order valence-electron chi connectivity index (χ1n) is 9.41. The molecule has 6 nitrogen and oxygen atoms in total. The summed E-state index contributed by atoms with van der Waals surface area (Å²) in [4.78, 5) is 26.3. The van der Waals surface area contributed by atoms with Gasteiger partial charge in [-0.05, 0) is 61.9 Å². The Labute approximate surface area is 168 Å². The number of carbonyl (C=O) groups excluding carboxylic acids is 2. The molecule has 1 unspecified atom stereocenters. The fraction of sp³-hybridized carbons (Fsp3) is 0.429. The fourth-order valence-corrected chi connectivity index (χ4v) is 4.59. The molecule has 1 atom stereocenters. The number of thiophene rings is 1. The molecule has 1 aliphatic carbocycles. The maximum atomic E-state index is 12.8. The van der Waals surface area contributed by atoms with Gasteiger partial charge in [0.05, 0.1) is 19.8 Å². The summed E-state index contributed by atoms with van der Waals surface area (Å²) >= 11 is 1.47. The predicted molar refractivity (Wildman–Crippen MR) is 109 cm³/mol. The summed E-state index contributed by atoms with van der Waals surface area (Å²) in [6.07, 6.45) is 3.73. The number of esters is 1. The van der Waals surface area contributed by atoms with Crippen molar-refractivity contribution in [2.24, 2.45) is 0 Å². The number of ether oxygens (including phenoxy) is 3. The zero-order valence-electron chi connectivity index (χ0n) is 16.4. The Morgan fingerprint density at radius 2 is 1.79 bits per heavy atom. The van der Waals surface area contributed by atoms with Gasteiger partial charge in [-0.15, -0.1) is 11.3 Å². The number of aryl methyl sites for hydroxylation is 1. The van der Waals surface area contributed by atoms with E-state index in [1.807, 2.05) is 6.92 Å². The van der Waals surface area contributed by atoms with E-state index in [2.05, 4.69) is 5.32 Å². The number of rotatable bonds is 7. The highest BCUT2D eigenvalue weighted by atomic mass is 32.1. The van der Waals surface area contributed by atoms with E-state index in [9.17, 15) is 9.59 Å². The van der Waals surface area contributed by atoms with Crippen LogP contribution in [-0.4, -0.2) is 32.2 Å². The summed E-state index contributed by atoms with van der Waals surface area (Å²) in [6, 6.07) is 7.09. The summed E-state index contributed by atoms with van der Waals surface area (Å²) in [5.41, 5.74) is 1.51. The van der Waals surface area contributed by atoms with Crippen LogP contribution < -0.4 is 14.8 Å². The summed E-state index contributed by atoms with van der Waals surface area (Å²) in [7, 11) is 2.96. The van der Waals surface area contributed by atoms with Crippen molar-refractivity contribution < 1.29 is 23.8 Å². The Kier molecular flexibility index (Phi) is 6.57. The second-order valence-corrected chi connectivity index (χ2v) is 7.69. The lowest BCUT2D eigenvalue weighted by molar-refractivity contribution is -0.122. The van der Waals surface area contributed by atoms with Crippen molar-refractivity contribution in [3.8, 4) is 11.5 Å². The molecular weight excluding hydrogens is 378 g/mol. The predicted octanol–water partition coefficient (Wildman–Crippen LogP) is 4.22. The molecule has 1 aromatic heterocycles. The quantitative estimate of drug-likeness (QED) is 0.701. The molecule has 150 valence electrons. The summed E-state index contributed by atoms with van der Waals surface area (Å²) < 4.78 is 15.9. The molecule has 7 heteroatoms. The molecular formula is C21H25NO5S. The average Bonchev–Trinajstić information content (AvgIpc) is 3.09. The van der Waals surface area contributed by atoms with E-state index in [1.165, 1.54) is 18.4 Å². The molecule has 0 fully saturated rings. The number of methoxy groups -OCH3 is 2. The first-order valence-corrected chi connectivity index (χ1v) is 10.2. The van der Waals surface area contributed by atoms with E-state index in [0.29, 0.717) is 22.7 Å². The maximum absolute atomic E-state index is 12.8. The van der Waals surface area contributed by atoms with Crippen LogP contribution in [0.4, 0.5) is 5.00 Å². The number of hydrogen-bond donors (Lipinski definition) is 1. The molecule has 0 saturated heterocycles. The van der Waals surface area contributed by atoms with Gasteiger partial charge >= 0.3 is 5.97 Å². The Hall–Kier alpha value is -2.54. The molecule has 1 aromatic carbocycles. The highest BCUT2D eigenvalue weighted by Gasteiger charge is 2.28. The van der Waals surface area contributed by atoms with Crippen LogP contribution in [0.15, 0.2) is 24.3 Å². The van der Waals surface area contributed by atoms with Crippen LogP contribution in [0.2, 0.25) is 0 Å². The molecule has 2 aromatic rings. The van der Waals surface area contributed by atoms with E-state index in [4.69, 9.17) is 14.2 Å². The third kappa shape index (κ3) is 4.30. The van der Waals surface area contributed by atoms with Gasteiger partial charge in [0.1, 0.15) is 16.5 Å². The Morgan fingerprint density at radius 3 is 2.43 bits per heavy atom. The van der Waals surface area contributed by atoms with Crippen molar-refractivity contribution >= 4 is 28.2 Å². The van der Waals surface area contributed by atoms with Gasteiger partial charge in [-0.2, -0.15) is 0 Å². The standard InChI is InChI=1S/C21H25NO5S/c1-4-16(27-14-11-9-13(25-2)10-12-14)19(23)22-20-18(21(24)26-3)15-7-5-6-8-17(15)28-20/h9-12,16H,4-8H2,1-3H3,(H,22,23). The van der Waals surface area contributed by atoms with Crippen LogP contribution in [0.5, 0.6) is 11.5 Å². The van der Waals surface area contributed by atoms with Gasteiger partial charge in [0.25, 0.3) is 5.91 Å². The van der Waals surface area contributed by atoms with Crippen LogP contribution in [0.1, 0.15) is 47.0 Å². The molecule has 0 bridgehead atoms.